The maximum atomic E-state index is 6.05. The van der Waals surface area contributed by atoms with Gasteiger partial charge in [0.25, 0.3) is 0 Å². The highest BCUT2D eigenvalue weighted by atomic mass is 79.9. The van der Waals surface area contributed by atoms with Crippen molar-refractivity contribution in [1.29, 1.82) is 0 Å². The van der Waals surface area contributed by atoms with Crippen molar-refractivity contribution < 1.29 is 9.47 Å². The number of nitrogens with two attached hydrogens (primary N) is 1. The van der Waals surface area contributed by atoms with Crippen molar-refractivity contribution >= 4 is 33.3 Å². The predicted octanol–water partition coefficient (Wildman–Crippen LogP) is 3.26. The second-order valence-electron chi connectivity index (χ2n) is 4.24. The molecule has 2 aromatic rings. The fourth-order valence-corrected chi connectivity index (χ4v) is 2.46. The molecule has 0 radical (unpaired) electrons. The Hall–Kier alpha value is -1.40. The Morgan fingerprint density at radius 2 is 1.90 bits per heavy atom. The first-order chi connectivity index (χ1) is 9.47. The number of benzene rings is 1. The number of aromatic nitrogens is 2. The van der Waals surface area contributed by atoms with Gasteiger partial charge in [-0.2, -0.15) is 5.10 Å². The number of ether oxygens (including phenoxy) is 2. The number of nitrogen functional groups attached to an aromatic ring is 1. The highest BCUT2D eigenvalue weighted by molar-refractivity contribution is 9.10. The van der Waals surface area contributed by atoms with Crippen LogP contribution in [0.3, 0.4) is 0 Å². The standard InChI is InChI=1S/C13H15BrClN3O2/c1-7-12(15)13(16)18(17-7)6-8-4-10(19-2)11(20-3)5-9(8)14/h4-5H,6,16H2,1-3H3. The van der Waals surface area contributed by atoms with E-state index in [1.165, 1.54) is 0 Å². The first kappa shape index (κ1) is 15.0. The molecule has 1 heterocycles. The minimum Gasteiger partial charge on any atom is -0.493 e. The molecule has 0 aliphatic rings. The largest absolute Gasteiger partial charge is 0.493 e. The van der Waals surface area contributed by atoms with E-state index >= 15 is 0 Å². The number of rotatable bonds is 4. The molecule has 5 nitrogen and oxygen atoms in total. The first-order valence-corrected chi connectivity index (χ1v) is 7.03. The third-order valence-electron chi connectivity index (χ3n) is 2.96. The van der Waals surface area contributed by atoms with Crippen molar-refractivity contribution in [3.63, 3.8) is 0 Å². The third kappa shape index (κ3) is 2.71. The SMILES string of the molecule is COc1cc(Br)c(Cn2nc(C)c(Cl)c2N)cc1OC. The molecular formula is C13H15BrClN3O2. The van der Waals surface area contributed by atoms with Crippen LogP contribution in [0.4, 0.5) is 5.82 Å². The molecule has 0 saturated heterocycles. The lowest BCUT2D eigenvalue weighted by molar-refractivity contribution is 0.354. The molecule has 2 N–H and O–H groups in total. The maximum Gasteiger partial charge on any atom is 0.161 e. The van der Waals surface area contributed by atoms with Gasteiger partial charge in [-0.25, -0.2) is 4.68 Å². The highest BCUT2D eigenvalue weighted by Crippen LogP contribution is 2.34. The fourth-order valence-electron chi connectivity index (χ4n) is 1.88. The molecule has 0 amide bonds. The Kier molecular flexibility index (Phi) is 4.45. The number of methoxy groups -OCH3 is 2. The van der Waals surface area contributed by atoms with Gasteiger partial charge in [-0.1, -0.05) is 27.5 Å². The smallest absolute Gasteiger partial charge is 0.161 e. The zero-order chi connectivity index (χ0) is 14.9. The first-order valence-electron chi connectivity index (χ1n) is 5.86. The van der Waals surface area contributed by atoms with Crippen LogP contribution in [0.15, 0.2) is 16.6 Å². The van der Waals surface area contributed by atoms with E-state index in [0.29, 0.717) is 34.6 Å². The molecule has 2 rings (SSSR count). The van der Waals surface area contributed by atoms with Crippen LogP contribution in [0.5, 0.6) is 11.5 Å². The van der Waals surface area contributed by atoms with Crippen molar-refractivity contribution in [1.82, 2.24) is 9.78 Å². The number of nitrogens with zero attached hydrogens (tertiary/aromatic N) is 2. The Bertz CT molecular complexity index is 643. The maximum absolute atomic E-state index is 6.05. The van der Waals surface area contributed by atoms with Gasteiger partial charge in [-0.3, -0.25) is 0 Å². The Morgan fingerprint density at radius 3 is 2.40 bits per heavy atom. The predicted molar refractivity (Wildman–Crippen MR) is 82.7 cm³/mol. The lowest BCUT2D eigenvalue weighted by Crippen LogP contribution is -2.07. The van der Waals surface area contributed by atoms with E-state index in [1.807, 2.05) is 19.1 Å². The molecule has 7 heteroatoms. The van der Waals surface area contributed by atoms with Crippen LogP contribution >= 0.6 is 27.5 Å². The summed E-state index contributed by atoms with van der Waals surface area (Å²) in [6, 6.07) is 3.73. The number of aryl methyl sites for hydroxylation is 1. The topological polar surface area (TPSA) is 62.3 Å². The van der Waals surface area contributed by atoms with E-state index in [1.54, 1.807) is 18.9 Å². The van der Waals surface area contributed by atoms with E-state index in [0.717, 1.165) is 10.0 Å². The van der Waals surface area contributed by atoms with E-state index in [-0.39, 0.29) is 0 Å². The molecule has 0 saturated carbocycles. The summed E-state index contributed by atoms with van der Waals surface area (Å²) in [5.74, 6) is 1.76. The number of halogens is 2. The minimum absolute atomic E-state index is 0.450. The molecule has 0 aliphatic carbocycles. The summed E-state index contributed by atoms with van der Waals surface area (Å²) in [5.41, 5.74) is 7.60. The van der Waals surface area contributed by atoms with Crippen LogP contribution in [-0.4, -0.2) is 24.0 Å². The average molecular weight is 361 g/mol. The molecule has 0 spiro atoms. The van der Waals surface area contributed by atoms with Crippen LogP contribution in [0.2, 0.25) is 5.02 Å². The summed E-state index contributed by atoms with van der Waals surface area (Å²) >= 11 is 9.55. The highest BCUT2D eigenvalue weighted by Gasteiger charge is 2.14. The van der Waals surface area contributed by atoms with E-state index in [2.05, 4.69) is 21.0 Å². The van der Waals surface area contributed by atoms with E-state index in [9.17, 15) is 0 Å². The van der Waals surface area contributed by atoms with Crippen molar-refractivity contribution in [3.05, 3.63) is 32.9 Å². The molecule has 0 bridgehead atoms. The van der Waals surface area contributed by atoms with E-state index in [4.69, 9.17) is 26.8 Å². The Balaban J connectivity index is 2.40. The Morgan fingerprint density at radius 1 is 1.30 bits per heavy atom. The molecule has 108 valence electrons. The van der Waals surface area contributed by atoms with E-state index < -0.39 is 0 Å². The quantitative estimate of drug-likeness (QED) is 0.909. The van der Waals surface area contributed by atoms with Crippen LogP contribution in [0.1, 0.15) is 11.3 Å². The third-order valence-corrected chi connectivity index (χ3v) is 4.17. The molecule has 20 heavy (non-hydrogen) atoms. The molecule has 0 atom stereocenters. The van der Waals surface area contributed by atoms with Gasteiger partial charge in [0.05, 0.1) is 26.5 Å². The fraction of sp³-hybridized carbons (Fsp3) is 0.308. The van der Waals surface area contributed by atoms with Gasteiger partial charge in [-0.15, -0.1) is 0 Å². The Labute approximate surface area is 130 Å². The summed E-state index contributed by atoms with van der Waals surface area (Å²) < 4.78 is 13.1. The summed E-state index contributed by atoms with van der Waals surface area (Å²) in [7, 11) is 3.19. The normalized spacial score (nSPS) is 10.7. The molecule has 1 aromatic heterocycles. The molecule has 0 unspecified atom stereocenters. The zero-order valence-corrected chi connectivity index (χ0v) is 13.7. The minimum atomic E-state index is 0.450. The van der Waals surface area contributed by atoms with Gasteiger partial charge in [0.1, 0.15) is 10.8 Å². The summed E-state index contributed by atoms with van der Waals surface area (Å²) in [6.45, 7) is 2.30. The summed E-state index contributed by atoms with van der Waals surface area (Å²) in [6.07, 6.45) is 0. The molecular weight excluding hydrogens is 346 g/mol. The van der Waals surface area contributed by atoms with Crippen molar-refractivity contribution in [2.24, 2.45) is 0 Å². The number of hydrogen-bond acceptors (Lipinski definition) is 4. The number of hydrogen-bond donors (Lipinski definition) is 1. The molecule has 0 aliphatic heterocycles. The summed E-state index contributed by atoms with van der Waals surface area (Å²) in [4.78, 5) is 0. The van der Waals surface area contributed by atoms with Crippen molar-refractivity contribution in [2.75, 3.05) is 20.0 Å². The average Bonchev–Trinajstić information content (AvgIpc) is 2.68. The van der Waals surface area contributed by atoms with Crippen LogP contribution in [0, 0.1) is 6.92 Å². The van der Waals surface area contributed by atoms with Crippen molar-refractivity contribution in [2.45, 2.75) is 13.5 Å². The van der Waals surface area contributed by atoms with Gasteiger partial charge in [-0.05, 0) is 24.6 Å². The number of anilines is 1. The van der Waals surface area contributed by atoms with Gasteiger partial charge < -0.3 is 15.2 Å². The second-order valence-corrected chi connectivity index (χ2v) is 5.47. The lowest BCUT2D eigenvalue weighted by atomic mass is 10.2. The van der Waals surface area contributed by atoms with Gasteiger partial charge in [0.15, 0.2) is 11.5 Å². The monoisotopic (exact) mass is 359 g/mol. The lowest BCUT2D eigenvalue weighted by Gasteiger charge is -2.12. The van der Waals surface area contributed by atoms with Crippen LogP contribution in [-0.2, 0) is 6.54 Å². The van der Waals surface area contributed by atoms with Gasteiger partial charge >= 0.3 is 0 Å². The second kappa shape index (κ2) is 5.93. The molecule has 0 fully saturated rings. The molecule has 1 aromatic carbocycles. The van der Waals surface area contributed by atoms with Crippen molar-refractivity contribution in [3.8, 4) is 11.5 Å². The summed E-state index contributed by atoms with van der Waals surface area (Å²) in [5, 5.41) is 4.80. The van der Waals surface area contributed by atoms with Gasteiger partial charge in [0, 0.05) is 4.47 Å². The van der Waals surface area contributed by atoms with Gasteiger partial charge in [0.2, 0.25) is 0 Å². The zero-order valence-electron chi connectivity index (χ0n) is 11.4. The van der Waals surface area contributed by atoms with Crippen LogP contribution < -0.4 is 15.2 Å². The van der Waals surface area contributed by atoms with Crippen LogP contribution in [0.25, 0.3) is 0 Å².